The molecule has 1 aromatic heterocycles. The lowest BCUT2D eigenvalue weighted by Gasteiger charge is -2.16. The number of rotatable bonds is 8. The van der Waals surface area contributed by atoms with Crippen molar-refractivity contribution in [3.8, 4) is 0 Å². The van der Waals surface area contributed by atoms with Crippen LogP contribution in [0.2, 0.25) is 0 Å². The molecule has 1 rings (SSSR count). The summed E-state index contributed by atoms with van der Waals surface area (Å²) in [6.07, 6.45) is 8.84. The summed E-state index contributed by atoms with van der Waals surface area (Å²) in [5.41, 5.74) is 0. The Hall–Kier alpha value is -0.830. The summed E-state index contributed by atoms with van der Waals surface area (Å²) in [5.74, 6) is 2.00. The number of imidazole rings is 1. The van der Waals surface area contributed by atoms with Gasteiger partial charge in [0.2, 0.25) is 0 Å². The fraction of sp³-hybridized carbons (Fsp3) is 0.769. The van der Waals surface area contributed by atoms with E-state index in [1.54, 1.807) is 0 Å². The number of hydrogen-bond donors (Lipinski definition) is 1. The molecule has 0 spiro atoms. The van der Waals surface area contributed by atoms with Crippen LogP contribution in [-0.4, -0.2) is 22.6 Å². The summed E-state index contributed by atoms with van der Waals surface area (Å²) < 4.78 is 2.12. The van der Waals surface area contributed by atoms with Crippen molar-refractivity contribution in [2.24, 2.45) is 13.0 Å². The Morgan fingerprint density at radius 3 is 2.75 bits per heavy atom. The Morgan fingerprint density at radius 2 is 2.19 bits per heavy atom. The molecule has 0 aliphatic carbocycles. The first-order valence-electron chi connectivity index (χ1n) is 6.44. The van der Waals surface area contributed by atoms with Crippen LogP contribution < -0.4 is 5.32 Å². The Morgan fingerprint density at radius 1 is 1.38 bits per heavy atom. The molecule has 1 N–H and O–H groups in total. The second-order valence-corrected chi connectivity index (χ2v) is 4.46. The third-order valence-electron chi connectivity index (χ3n) is 3.08. The van der Waals surface area contributed by atoms with Gasteiger partial charge in [0.25, 0.3) is 0 Å². The van der Waals surface area contributed by atoms with E-state index in [0.717, 1.165) is 25.4 Å². The third kappa shape index (κ3) is 4.35. The average Bonchev–Trinajstić information content (AvgIpc) is 2.68. The van der Waals surface area contributed by atoms with Crippen LogP contribution >= 0.6 is 0 Å². The van der Waals surface area contributed by atoms with E-state index in [2.05, 4.69) is 35.8 Å². The van der Waals surface area contributed by atoms with Crippen molar-refractivity contribution in [2.75, 3.05) is 13.1 Å². The first-order chi connectivity index (χ1) is 7.77. The predicted molar refractivity (Wildman–Crippen MR) is 68.5 cm³/mol. The molecule has 0 radical (unpaired) electrons. The van der Waals surface area contributed by atoms with Crippen molar-refractivity contribution < 1.29 is 0 Å². The van der Waals surface area contributed by atoms with E-state index in [-0.39, 0.29) is 0 Å². The van der Waals surface area contributed by atoms with Gasteiger partial charge in [-0.1, -0.05) is 20.3 Å². The van der Waals surface area contributed by atoms with Crippen LogP contribution in [0.3, 0.4) is 0 Å². The third-order valence-corrected chi connectivity index (χ3v) is 3.08. The number of aromatic nitrogens is 2. The van der Waals surface area contributed by atoms with Gasteiger partial charge in [0.05, 0.1) is 0 Å². The molecule has 0 aromatic carbocycles. The Balaban J connectivity index is 2.34. The van der Waals surface area contributed by atoms with E-state index >= 15 is 0 Å². The van der Waals surface area contributed by atoms with E-state index < -0.39 is 0 Å². The largest absolute Gasteiger partial charge is 0.338 e. The van der Waals surface area contributed by atoms with E-state index in [0.29, 0.717) is 0 Å². The molecule has 0 aliphatic rings. The molecule has 0 amide bonds. The average molecular weight is 223 g/mol. The second-order valence-electron chi connectivity index (χ2n) is 4.46. The number of nitrogens with zero attached hydrogens (tertiary/aromatic N) is 2. The molecular weight excluding hydrogens is 198 g/mol. The summed E-state index contributed by atoms with van der Waals surface area (Å²) in [5, 5.41) is 3.45. The van der Waals surface area contributed by atoms with Gasteiger partial charge in [-0.15, -0.1) is 0 Å². The molecule has 1 atom stereocenters. The lowest BCUT2D eigenvalue weighted by atomic mass is 9.97. The lowest BCUT2D eigenvalue weighted by Crippen LogP contribution is -2.23. The standard InChI is InChI=1S/C13H25N3/c1-4-6-12(11-14-5-2)7-8-13-15-9-10-16(13)3/h9-10,12,14H,4-8,11H2,1-3H3. The second kappa shape index (κ2) is 7.44. The fourth-order valence-electron chi connectivity index (χ4n) is 2.08. The van der Waals surface area contributed by atoms with Gasteiger partial charge in [-0.25, -0.2) is 4.98 Å². The van der Waals surface area contributed by atoms with Crippen LogP contribution in [0.1, 0.15) is 38.9 Å². The molecular formula is C13H25N3. The summed E-state index contributed by atoms with van der Waals surface area (Å²) in [6.45, 7) is 6.65. The van der Waals surface area contributed by atoms with Gasteiger partial charge < -0.3 is 9.88 Å². The van der Waals surface area contributed by atoms with Crippen molar-refractivity contribution in [3.05, 3.63) is 18.2 Å². The molecule has 1 unspecified atom stereocenters. The smallest absolute Gasteiger partial charge is 0.108 e. The normalized spacial score (nSPS) is 12.9. The van der Waals surface area contributed by atoms with Crippen molar-refractivity contribution in [2.45, 2.75) is 39.5 Å². The Kier molecular flexibility index (Phi) is 6.16. The monoisotopic (exact) mass is 223 g/mol. The van der Waals surface area contributed by atoms with Crippen molar-refractivity contribution in [1.29, 1.82) is 0 Å². The molecule has 16 heavy (non-hydrogen) atoms. The van der Waals surface area contributed by atoms with Gasteiger partial charge in [-0.3, -0.25) is 0 Å². The van der Waals surface area contributed by atoms with Gasteiger partial charge in [-0.2, -0.15) is 0 Å². The van der Waals surface area contributed by atoms with Crippen molar-refractivity contribution in [1.82, 2.24) is 14.9 Å². The van der Waals surface area contributed by atoms with Gasteiger partial charge in [0.15, 0.2) is 0 Å². The SMILES string of the molecule is CCCC(CCc1nccn1C)CNCC. The minimum atomic E-state index is 0.793. The fourth-order valence-corrected chi connectivity index (χ4v) is 2.08. The maximum Gasteiger partial charge on any atom is 0.108 e. The molecule has 0 aliphatic heterocycles. The van der Waals surface area contributed by atoms with Crippen LogP contribution in [0.5, 0.6) is 0 Å². The highest BCUT2D eigenvalue weighted by atomic mass is 15.0. The van der Waals surface area contributed by atoms with E-state index in [4.69, 9.17) is 0 Å². The van der Waals surface area contributed by atoms with Crippen LogP contribution in [-0.2, 0) is 13.5 Å². The highest BCUT2D eigenvalue weighted by Crippen LogP contribution is 2.13. The zero-order chi connectivity index (χ0) is 11.8. The molecule has 0 saturated heterocycles. The molecule has 92 valence electrons. The maximum absolute atomic E-state index is 4.37. The predicted octanol–water partition coefficient (Wildman–Crippen LogP) is 2.38. The highest BCUT2D eigenvalue weighted by molar-refractivity contribution is 4.91. The highest BCUT2D eigenvalue weighted by Gasteiger charge is 2.09. The number of hydrogen-bond acceptors (Lipinski definition) is 2. The minimum Gasteiger partial charge on any atom is -0.338 e. The first-order valence-corrected chi connectivity index (χ1v) is 6.44. The summed E-state index contributed by atoms with van der Waals surface area (Å²) in [7, 11) is 2.07. The maximum atomic E-state index is 4.37. The van der Waals surface area contributed by atoms with Gasteiger partial charge in [0.1, 0.15) is 5.82 Å². The Bertz CT molecular complexity index is 280. The first kappa shape index (κ1) is 13.2. The van der Waals surface area contributed by atoms with Gasteiger partial charge in [-0.05, 0) is 31.8 Å². The van der Waals surface area contributed by atoms with Crippen LogP contribution in [0, 0.1) is 5.92 Å². The topological polar surface area (TPSA) is 29.9 Å². The quantitative estimate of drug-likeness (QED) is 0.733. The zero-order valence-corrected chi connectivity index (χ0v) is 10.9. The summed E-state index contributed by atoms with van der Waals surface area (Å²) >= 11 is 0. The molecule has 3 nitrogen and oxygen atoms in total. The van der Waals surface area contributed by atoms with Gasteiger partial charge in [0, 0.05) is 25.9 Å². The van der Waals surface area contributed by atoms with Crippen molar-refractivity contribution in [3.63, 3.8) is 0 Å². The lowest BCUT2D eigenvalue weighted by molar-refractivity contribution is 0.414. The molecule has 0 fully saturated rings. The van der Waals surface area contributed by atoms with E-state index in [1.165, 1.54) is 25.1 Å². The number of aryl methyl sites for hydroxylation is 2. The van der Waals surface area contributed by atoms with Crippen molar-refractivity contribution >= 4 is 0 Å². The van der Waals surface area contributed by atoms with Crippen LogP contribution in [0.15, 0.2) is 12.4 Å². The molecule has 1 aromatic rings. The molecule has 0 bridgehead atoms. The van der Waals surface area contributed by atoms with Crippen LogP contribution in [0.25, 0.3) is 0 Å². The number of nitrogens with one attached hydrogen (secondary N) is 1. The van der Waals surface area contributed by atoms with Gasteiger partial charge >= 0.3 is 0 Å². The minimum absolute atomic E-state index is 0.793. The molecule has 3 heteroatoms. The van der Waals surface area contributed by atoms with E-state index in [9.17, 15) is 0 Å². The summed E-state index contributed by atoms with van der Waals surface area (Å²) in [6, 6.07) is 0. The molecule has 0 saturated carbocycles. The zero-order valence-electron chi connectivity index (χ0n) is 10.9. The van der Waals surface area contributed by atoms with E-state index in [1.807, 2.05) is 12.4 Å². The summed E-state index contributed by atoms with van der Waals surface area (Å²) in [4.78, 5) is 4.37. The Labute approximate surface area is 99.3 Å². The molecule has 1 heterocycles. The van der Waals surface area contributed by atoms with Crippen LogP contribution in [0.4, 0.5) is 0 Å².